The highest BCUT2D eigenvalue weighted by Crippen LogP contribution is 2.27. The van der Waals surface area contributed by atoms with Gasteiger partial charge in [-0.3, -0.25) is 0 Å². The number of nitrogen functional groups attached to an aromatic ring is 1. The number of anilines is 1. The highest BCUT2D eigenvalue weighted by molar-refractivity contribution is 6.41. The first kappa shape index (κ1) is 11.0. The van der Waals surface area contributed by atoms with Crippen LogP contribution in [0.5, 0.6) is 5.75 Å². The second kappa shape index (κ2) is 4.42. The van der Waals surface area contributed by atoms with Gasteiger partial charge in [-0.15, -0.1) is 12.4 Å². The molecule has 0 atom stereocenters. The molecule has 0 aliphatic carbocycles. The number of benzene rings is 1. The molecule has 1 aliphatic heterocycles. The maximum atomic E-state index is 5.67. The van der Waals surface area contributed by atoms with Crippen molar-refractivity contribution < 1.29 is 4.65 Å². The zero-order valence-corrected chi connectivity index (χ0v) is 8.80. The van der Waals surface area contributed by atoms with Crippen molar-refractivity contribution in [1.82, 2.24) is 0 Å². The fourth-order valence-corrected chi connectivity index (χ4v) is 1.35. The van der Waals surface area contributed by atoms with Crippen molar-refractivity contribution in [3.05, 3.63) is 29.2 Å². The Kier molecular flexibility index (Phi) is 3.47. The summed E-state index contributed by atoms with van der Waals surface area (Å²) in [6.07, 6.45) is 3.09. The average molecular weight is 208 g/mol. The Labute approximate surface area is 90.8 Å². The van der Waals surface area contributed by atoms with Gasteiger partial charge in [-0.25, -0.2) is 0 Å². The van der Waals surface area contributed by atoms with Crippen molar-refractivity contribution in [2.45, 2.75) is 13.3 Å². The summed E-state index contributed by atoms with van der Waals surface area (Å²) in [6, 6.07) is 5.67. The molecule has 2 rings (SSSR count). The van der Waals surface area contributed by atoms with Gasteiger partial charge in [0.15, 0.2) is 0 Å². The van der Waals surface area contributed by atoms with Crippen molar-refractivity contribution >= 4 is 31.7 Å². The Morgan fingerprint density at radius 2 is 2.21 bits per heavy atom. The minimum absolute atomic E-state index is 0. The number of rotatable bonds is 1. The van der Waals surface area contributed by atoms with Crippen molar-refractivity contribution in [2.75, 3.05) is 5.73 Å². The molecule has 0 bridgehead atoms. The summed E-state index contributed by atoms with van der Waals surface area (Å²) < 4.78 is 5.43. The van der Waals surface area contributed by atoms with Crippen LogP contribution in [0.3, 0.4) is 0 Å². The first-order valence-electron chi connectivity index (χ1n) is 4.39. The monoisotopic (exact) mass is 208 g/mol. The van der Waals surface area contributed by atoms with Gasteiger partial charge in [0.25, 0.3) is 0 Å². The Morgan fingerprint density at radius 3 is 2.93 bits per heavy atom. The van der Waals surface area contributed by atoms with E-state index in [1.54, 1.807) is 7.48 Å². The van der Waals surface area contributed by atoms with Crippen LogP contribution >= 0.6 is 12.4 Å². The quantitative estimate of drug-likeness (QED) is 0.568. The topological polar surface area (TPSA) is 35.2 Å². The van der Waals surface area contributed by atoms with Crippen molar-refractivity contribution in [2.24, 2.45) is 0 Å². The molecule has 73 valence electrons. The van der Waals surface area contributed by atoms with Crippen molar-refractivity contribution in [3.63, 3.8) is 0 Å². The van der Waals surface area contributed by atoms with Gasteiger partial charge >= 0.3 is 7.48 Å². The molecular formula is C10H12BClNO. The molecule has 0 saturated carbocycles. The zero-order chi connectivity index (χ0) is 9.26. The molecule has 14 heavy (non-hydrogen) atoms. The second-order valence-corrected chi connectivity index (χ2v) is 3.11. The van der Waals surface area contributed by atoms with E-state index < -0.39 is 0 Å². The summed E-state index contributed by atoms with van der Waals surface area (Å²) in [5.74, 6) is 0.881. The van der Waals surface area contributed by atoms with Gasteiger partial charge < -0.3 is 10.4 Å². The molecule has 2 nitrogen and oxygen atoms in total. The fraction of sp³-hybridized carbons (Fsp3) is 0.200. The smallest absolute Gasteiger partial charge is 0.404 e. The van der Waals surface area contributed by atoms with E-state index in [4.69, 9.17) is 10.4 Å². The third-order valence-electron chi connectivity index (χ3n) is 2.12. The highest BCUT2D eigenvalue weighted by Gasteiger charge is 2.11. The number of halogens is 1. The molecule has 0 spiro atoms. The number of fused-ring (bicyclic) bond motifs is 1. The summed E-state index contributed by atoms with van der Waals surface area (Å²) in [4.78, 5) is 0. The molecule has 0 saturated heterocycles. The van der Waals surface area contributed by atoms with Crippen LogP contribution in [-0.4, -0.2) is 7.48 Å². The van der Waals surface area contributed by atoms with E-state index >= 15 is 0 Å². The van der Waals surface area contributed by atoms with Crippen molar-refractivity contribution in [3.8, 4) is 5.75 Å². The van der Waals surface area contributed by atoms with Gasteiger partial charge in [0.05, 0.1) is 0 Å². The average Bonchev–Trinajstić information content (AvgIpc) is 2.16. The third-order valence-corrected chi connectivity index (χ3v) is 2.12. The van der Waals surface area contributed by atoms with Crippen LogP contribution in [0.1, 0.15) is 18.9 Å². The van der Waals surface area contributed by atoms with Crippen molar-refractivity contribution in [1.29, 1.82) is 0 Å². The van der Waals surface area contributed by atoms with Gasteiger partial charge in [-0.1, -0.05) is 18.5 Å². The standard InChI is InChI=1S/C10H11BNO.ClH/c1-2-8-5-7-6-9(12)3-4-10(7)13-11-8;/h3-6H,2,12H2,1H3;1H. The van der Waals surface area contributed by atoms with E-state index in [1.807, 2.05) is 18.2 Å². The lowest BCUT2D eigenvalue weighted by atomic mass is 9.81. The lowest BCUT2D eigenvalue weighted by molar-refractivity contribution is 0.594. The van der Waals surface area contributed by atoms with E-state index in [9.17, 15) is 0 Å². The number of allylic oxidation sites excluding steroid dienone is 1. The fourth-order valence-electron chi connectivity index (χ4n) is 1.35. The molecule has 1 aromatic rings. The summed E-state index contributed by atoms with van der Waals surface area (Å²) in [6.45, 7) is 2.10. The molecule has 1 aromatic carbocycles. The second-order valence-electron chi connectivity index (χ2n) is 3.11. The molecular weight excluding hydrogens is 196 g/mol. The van der Waals surface area contributed by atoms with Crippen LogP contribution < -0.4 is 10.4 Å². The van der Waals surface area contributed by atoms with Crippen LogP contribution in [-0.2, 0) is 0 Å². The number of nitrogens with two attached hydrogens (primary N) is 1. The lowest BCUT2D eigenvalue weighted by Gasteiger charge is -2.16. The van der Waals surface area contributed by atoms with Crippen LogP contribution in [0.4, 0.5) is 5.69 Å². The largest absolute Gasteiger partial charge is 0.558 e. The molecule has 2 N–H and O–H groups in total. The zero-order valence-electron chi connectivity index (χ0n) is 7.99. The Hall–Kier alpha value is -1.09. The van der Waals surface area contributed by atoms with Crippen LogP contribution in [0, 0.1) is 0 Å². The highest BCUT2D eigenvalue weighted by atomic mass is 35.5. The first-order valence-corrected chi connectivity index (χ1v) is 4.39. The predicted octanol–water partition coefficient (Wildman–Crippen LogP) is 2.45. The lowest BCUT2D eigenvalue weighted by Crippen LogP contribution is -2.10. The Balaban J connectivity index is 0.000000980. The Morgan fingerprint density at radius 1 is 1.43 bits per heavy atom. The molecule has 0 amide bonds. The number of hydrogen-bond donors (Lipinski definition) is 1. The van der Waals surface area contributed by atoms with Crippen LogP contribution in [0.15, 0.2) is 23.7 Å². The molecule has 4 heteroatoms. The minimum atomic E-state index is 0. The summed E-state index contributed by atoms with van der Waals surface area (Å²) in [7, 11) is 1.79. The maximum Gasteiger partial charge on any atom is 0.404 e. The SMILES string of the molecule is CCC1=Cc2cc(N)ccc2O[B]1.Cl. The van der Waals surface area contributed by atoms with E-state index in [1.165, 1.54) is 5.47 Å². The predicted molar refractivity (Wildman–Crippen MR) is 62.8 cm³/mol. The third kappa shape index (κ3) is 2.04. The summed E-state index contributed by atoms with van der Waals surface area (Å²) >= 11 is 0. The molecule has 1 heterocycles. The first-order chi connectivity index (χ1) is 6.29. The van der Waals surface area contributed by atoms with Gasteiger partial charge in [-0.2, -0.15) is 0 Å². The molecule has 0 unspecified atom stereocenters. The van der Waals surface area contributed by atoms with Gasteiger partial charge in [0.2, 0.25) is 0 Å². The van der Waals surface area contributed by atoms with E-state index in [0.717, 1.165) is 23.4 Å². The normalized spacial score (nSPS) is 12.8. The van der Waals surface area contributed by atoms with Gasteiger partial charge in [0, 0.05) is 11.3 Å². The Bertz CT molecular complexity index is 365. The number of hydrogen-bond acceptors (Lipinski definition) is 2. The van der Waals surface area contributed by atoms with Gasteiger partial charge in [0.1, 0.15) is 5.75 Å². The molecule has 0 aromatic heterocycles. The van der Waals surface area contributed by atoms with Gasteiger partial charge in [-0.05, 0) is 24.6 Å². The molecule has 1 radical (unpaired) electrons. The summed E-state index contributed by atoms with van der Waals surface area (Å²) in [5.41, 5.74) is 8.71. The van der Waals surface area contributed by atoms with Crippen LogP contribution in [0.2, 0.25) is 0 Å². The maximum absolute atomic E-state index is 5.67. The molecule has 0 fully saturated rings. The van der Waals surface area contributed by atoms with E-state index in [2.05, 4.69) is 13.0 Å². The minimum Gasteiger partial charge on any atom is -0.558 e. The summed E-state index contributed by atoms with van der Waals surface area (Å²) in [5, 5.41) is 0. The van der Waals surface area contributed by atoms with Crippen LogP contribution in [0.25, 0.3) is 6.08 Å². The molecule has 1 aliphatic rings. The van der Waals surface area contributed by atoms with E-state index in [-0.39, 0.29) is 12.4 Å². The van der Waals surface area contributed by atoms with E-state index in [0.29, 0.717) is 0 Å².